The van der Waals surface area contributed by atoms with E-state index in [9.17, 15) is 4.79 Å². The quantitative estimate of drug-likeness (QED) is 0.687. The van der Waals surface area contributed by atoms with E-state index in [1.807, 2.05) is 42.5 Å². The van der Waals surface area contributed by atoms with Gasteiger partial charge in [0.15, 0.2) is 0 Å². The predicted molar refractivity (Wildman–Crippen MR) is 80.5 cm³/mol. The summed E-state index contributed by atoms with van der Waals surface area (Å²) in [5.41, 5.74) is 2.58. The van der Waals surface area contributed by atoms with Gasteiger partial charge in [0.05, 0.1) is 20.2 Å². The fourth-order valence-electron chi connectivity index (χ4n) is 1.87. The molecule has 0 radical (unpaired) electrons. The van der Waals surface area contributed by atoms with E-state index in [1.165, 1.54) is 0 Å². The molecule has 4 heteroatoms. The lowest BCUT2D eigenvalue weighted by Gasteiger charge is -2.04. The lowest BCUT2D eigenvalue weighted by atomic mass is 10.1. The minimum Gasteiger partial charge on any atom is -0.327 e. The Kier molecular flexibility index (Phi) is 2.87. The van der Waals surface area contributed by atoms with Gasteiger partial charge in [0.1, 0.15) is 0 Å². The Hall–Kier alpha value is -1.69. The van der Waals surface area contributed by atoms with E-state index < -0.39 is 0 Å². The molecular weight excluding hydrogens is 339 g/mol. The van der Waals surface area contributed by atoms with Crippen molar-refractivity contribution in [2.24, 2.45) is 0 Å². The molecule has 1 N–H and O–H groups in total. The van der Waals surface area contributed by atoms with Crippen molar-refractivity contribution in [2.45, 2.75) is 0 Å². The van der Waals surface area contributed by atoms with Crippen LogP contribution in [-0.4, -0.2) is 9.97 Å². The number of fused-ring (bicyclic) bond motifs is 1. The summed E-state index contributed by atoms with van der Waals surface area (Å²) in [4.78, 5) is 19.0. The maximum absolute atomic E-state index is 11.7. The van der Waals surface area contributed by atoms with Gasteiger partial charge in [-0.2, -0.15) is 0 Å². The zero-order valence-electron chi connectivity index (χ0n) is 9.35. The van der Waals surface area contributed by atoms with Crippen LogP contribution in [0, 0.1) is 3.57 Å². The zero-order valence-corrected chi connectivity index (χ0v) is 11.5. The molecular formula is C14H9IN2O. The second kappa shape index (κ2) is 4.53. The molecule has 0 aliphatic heterocycles. The number of nitrogens with zero attached hydrogens (tertiary/aromatic N) is 1. The molecule has 3 aromatic rings. The van der Waals surface area contributed by atoms with E-state index in [1.54, 1.807) is 6.20 Å². The van der Waals surface area contributed by atoms with Crippen molar-refractivity contribution < 1.29 is 0 Å². The first kappa shape index (κ1) is 11.4. The summed E-state index contributed by atoms with van der Waals surface area (Å²) in [5, 5.41) is 0.626. The highest BCUT2D eigenvalue weighted by atomic mass is 127. The van der Waals surface area contributed by atoms with Crippen LogP contribution >= 0.6 is 22.6 Å². The molecule has 0 unspecified atom stereocenters. The number of hydrogen-bond donors (Lipinski definition) is 1. The number of benzene rings is 1. The number of H-pyrrole nitrogens is 1. The molecule has 0 saturated carbocycles. The molecule has 88 valence electrons. The average molecular weight is 348 g/mol. The van der Waals surface area contributed by atoms with E-state index >= 15 is 0 Å². The third-order valence-electron chi connectivity index (χ3n) is 2.77. The summed E-state index contributed by atoms with van der Waals surface area (Å²) in [6, 6.07) is 13.6. The Morgan fingerprint density at radius 1 is 1.06 bits per heavy atom. The molecule has 0 spiro atoms. The van der Waals surface area contributed by atoms with Gasteiger partial charge < -0.3 is 4.98 Å². The first-order chi connectivity index (χ1) is 8.75. The van der Waals surface area contributed by atoms with Crippen molar-refractivity contribution >= 4 is 33.5 Å². The van der Waals surface area contributed by atoms with E-state index in [2.05, 4.69) is 32.6 Å². The molecule has 0 aliphatic rings. The van der Waals surface area contributed by atoms with Gasteiger partial charge in [-0.1, -0.05) is 30.3 Å². The van der Waals surface area contributed by atoms with Crippen molar-refractivity contribution in [3.63, 3.8) is 0 Å². The van der Waals surface area contributed by atoms with Gasteiger partial charge in [0.25, 0.3) is 5.56 Å². The Bertz CT molecular complexity index is 766. The smallest absolute Gasteiger partial charge is 0.257 e. The molecule has 0 bridgehead atoms. The zero-order chi connectivity index (χ0) is 12.5. The Balaban J connectivity index is 2.30. The number of aromatic amines is 1. The highest BCUT2D eigenvalue weighted by Gasteiger charge is 2.06. The summed E-state index contributed by atoms with van der Waals surface area (Å²) in [5.74, 6) is 0. The minimum absolute atomic E-state index is 0.0995. The lowest BCUT2D eigenvalue weighted by Crippen LogP contribution is -2.07. The van der Waals surface area contributed by atoms with Gasteiger partial charge in [-0.3, -0.25) is 4.79 Å². The van der Waals surface area contributed by atoms with Crippen LogP contribution < -0.4 is 5.56 Å². The van der Waals surface area contributed by atoms with Crippen LogP contribution in [0.3, 0.4) is 0 Å². The highest BCUT2D eigenvalue weighted by molar-refractivity contribution is 14.1. The number of hydrogen-bond acceptors (Lipinski definition) is 2. The number of aromatic nitrogens is 2. The van der Waals surface area contributed by atoms with Crippen molar-refractivity contribution in [3.05, 3.63) is 62.6 Å². The summed E-state index contributed by atoms with van der Waals surface area (Å²) in [6.45, 7) is 0. The van der Waals surface area contributed by atoms with Crippen molar-refractivity contribution in [3.8, 4) is 11.3 Å². The van der Waals surface area contributed by atoms with Gasteiger partial charge in [-0.25, -0.2) is 4.98 Å². The summed E-state index contributed by atoms with van der Waals surface area (Å²) >= 11 is 2.18. The molecule has 0 fully saturated rings. The largest absolute Gasteiger partial charge is 0.327 e. The Morgan fingerprint density at radius 2 is 1.83 bits per heavy atom. The molecule has 2 aromatic heterocycles. The highest BCUT2D eigenvalue weighted by Crippen LogP contribution is 2.21. The number of pyridine rings is 2. The fraction of sp³-hybridized carbons (Fsp3) is 0. The minimum atomic E-state index is -0.0995. The molecule has 0 aliphatic carbocycles. The molecule has 0 amide bonds. The third-order valence-corrected chi connectivity index (χ3v) is 3.59. The van der Waals surface area contributed by atoms with Crippen LogP contribution in [0.25, 0.3) is 22.2 Å². The SMILES string of the molecule is O=c1[nH]cc(I)c2nc(-c3ccccc3)ccc12. The fourth-order valence-corrected chi connectivity index (χ4v) is 2.44. The molecule has 3 rings (SSSR count). The van der Waals surface area contributed by atoms with Gasteiger partial charge >= 0.3 is 0 Å². The molecule has 2 heterocycles. The topological polar surface area (TPSA) is 45.8 Å². The normalized spacial score (nSPS) is 10.7. The van der Waals surface area contributed by atoms with Crippen molar-refractivity contribution in [1.82, 2.24) is 9.97 Å². The summed E-state index contributed by atoms with van der Waals surface area (Å²) in [6.07, 6.45) is 1.69. The summed E-state index contributed by atoms with van der Waals surface area (Å²) < 4.78 is 0.944. The molecule has 18 heavy (non-hydrogen) atoms. The third kappa shape index (κ3) is 1.92. The molecule has 0 atom stereocenters. The van der Waals surface area contributed by atoms with E-state index in [0.29, 0.717) is 5.39 Å². The second-order valence-electron chi connectivity index (χ2n) is 3.92. The van der Waals surface area contributed by atoms with E-state index in [4.69, 9.17) is 0 Å². The van der Waals surface area contributed by atoms with Crippen molar-refractivity contribution in [1.29, 1.82) is 0 Å². The van der Waals surface area contributed by atoms with Gasteiger partial charge in [-0.15, -0.1) is 0 Å². The first-order valence-corrected chi connectivity index (χ1v) is 6.57. The first-order valence-electron chi connectivity index (χ1n) is 5.49. The van der Waals surface area contributed by atoms with E-state index in [0.717, 1.165) is 20.3 Å². The Morgan fingerprint density at radius 3 is 2.61 bits per heavy atom. The lowest BCUT2D eigenvalue weighted by molar-refractivity contribution is 1.24. The van der Waals surface area contributed by atoms with Crippen LogP contribution in [0.1, 0.15) is 0 Å². The average Bonchev–Trinajstić information content (AvgIpc) is 2.44. The maximum Gasteiger partial charge on any atom is 0.257 e. The molecule has 3 nitrogen and oxygen atoms in total. The van der Waals surface area contributed by atoms with Crippen LogP contribution in [-0.2, 0) is 0 Å². The number of halogens is 1. The van der Waals surface area contributed by atoms with Crippen LogP contribution in [0.2, 0.25) is 0 Å². The van der Waals surface area contributed by atoms with Crippen molar-refractivity contribution in [2.75, 3.05) is 0 Å². The van der Waals surface area contributed by atoms with Crippen LogP contribution in [0.4, 0.5) is 0 Å². The van der Waals surface area contributed by atoms with Crippen LogP contribution in [0.5, 0.6) is 0 Å². The monoisotopic (exact) mass is 348 g/mol. The molecule has 0 saturated heterocycles. The second-order valence-corrected chi connectivity index (χ2v) is 5.09. The maximum atomic E-state index is 11.7. The van der Waals surface area contributed by atoms with Crippen LogP contribution in [0.15, 0.2) is 53.5 Å². The number of rotatable bonds is 1. The number of nitrogens with one attached hydrogen (secondary N) is 1. The standard InChI is InChI=1S/C14H9IN2O/c15-11-8-16-14(18)10-6-7-12(17-13(10)11)9-4-2-1-3-5-9/h1-8H,(H,16,18). The Labute approximate surface area is 117 Å². The van der Waals surface area contributed by atoms with Gasteiger partial charge in [-0.05, 0) is 34.7 Å². The van der Waals surface area contributed by atoms with Gasteiger partial charge in [0.2, 0.25) is 0 Å². The van der Waals surface area contributed by atoms with Gasteiger partial charge in [0, 0.05) is 11.8 Å². The predicted octanol–water partition coefficient (Wildman–Crippen LogP) is 3.19. The summed E-state index contributed by atoms with van der Waals surface area (Å²) in [7, 11) is 0. The van der Waals surface area contributed by atoms with E-state index in [-0.39, 0.29) is 5.56 Å². The molecule has 1 aromatic carbocycles.